The molecule has 0 radical (unpaired) electrons. The van der Waals surface area contributed by atoms with Gasteiger partial charge in [0.1, 0.15) is 11.4 Å². The van der Waals surface area contributed by atoms with Crippen molar-refractivity contribution in [1.82, 2.24) is 0 Å². The topological polar surface area (TPSA) is 119 Å². The molecule has 1 atom stereocenters. The molecule has 5 rings (SSSR count). The summed E-state index contributed by atoms with van der Waals surface area (Å²) in [7, 11) is -3.94. The van der Waals surface area contributed by atoms with E-state index >= 15 is 0 Å². The van der Waals surface area contributed by atoms with Crippen LogP contribution in [0.25, 0.3) is 0 Å². The van der Waals surface area contributed by atoms with Crippen LogP contribution in [0, 0.1) is 5.41 Å². The molecule has 0 aromatic heterocycles. The number of Topliss-reactive ketones (excluding diaryl/α,β-unsaturated/α-hetero) is 1. The first-order valence-electron chi connectivity index (χ1n) is 11.0. The summed E-state index contributed by atoms with van der Waals surface area (Å²) in [4.78, 5) is 26.6. The zero-order valence-corrected chi connectivity index (χ0v) is 19.4. The summed E-state index contributed by atoms with van der Waals surface area (Å²) in [6.07, 6.45) is 0.904. The number of amides is 1. The minimum absolute atomic E-state index is 0.0238. The van der Waals surface area contributed by atoms with Crippen LogP contribution in [-0.2, 0) is 21.2 Å². The predicted molar refractivity (Wildman–Crippen MR) is 125 cm³/mol. The highest BCUT2D eigenvalue weighted by atomic mass is 32.2. The van der Waals surface area contributed by atoms with Crippen molar-refractivity contribution in [2.24, 2.45) is 10.6 Å². The van der Waals surface area contributed by atoms with Gasteiger partial charge in [0.15, 0.2) is 5.78 Å². The Balaban J connectivity index is 1.45. The lowest BCUT2D eigenvalue weighted by Gasteiger charge is -2.41. The molecule has 3 N–H and O–H groups in total. The summed E-state index contributed by atoms with van der Waals surface area (Å²) >= 11 is 0. The Bertz CT molecular complexity index is 1270. The number of rotatable bonds is 5. The van der Waals surface area contributed by atoms with E-state index in [0.717, 1.165) is 22.5 Å². The molecule has 33 heavy (non-hydrogen) atoms. The Kier molecular flexibility index (Phi) is 4.84. The smallest absolute Gasteiger partial charge is 0.414 e. The maximum Gasteiger partial charge on any atom is 0.414 e. The third-order valence-corrected chi connectivity index (χ3v) is 8.72. The maximum atomic E-state index is 13.0. The number of nitrogens with zero attached hydrogens (tertiary/aromatic N) is 1. The van der Waals surface area contributed by atoms with Gasteiger partial charge in [-0.25, -0.2) is 18.4 Å². The first kappa shape index (κ1) is 21.9. The number of benzene rings is 2. The van der Waals surface area contributed by atoms with Gasteiger partial charge in [0.05, 0.1) is 12.6 Å². The predicted octanol–water partition coefficient (Wildman–Crippen LogP) is 3.38. The average Bonchev–Trinajstić information content (AvgIpc) is 3.47. The van der Waals surface area contributed by atoms with Crippen LogP contribution in [0.3, 0.4) is 0 Å². The van der Waals surface area contributed by atoms with Crippen LogP contribution in [0.2, 0.25) is 0 Å². The second-order valence-corrected chi connectivity index (χ2v) is 11.7. The van der Waals surface area contributed by atoms with Gasteiger partial charge in [0.2, 0.25) is 10.0 Å². The number of ketones is 1. The Morgan fingerprint density at radius 1 is 1.18 bits per heavy atom. The third kappa shape index (κ3) is 3.59. The summed E-state index contributed by atoms with van der Waals surface area (Å²) < 4.78 is 27.6. The molecule has 174 valence electrons. The molecule has 1 saturated carbocycles. The monoisotopic (exact) mass is 469 g/mol. The minimum atomic E-state index is -3.94. The highest BCUT2D eigenvalue weighted by Gasteiger charge is 2.59. The lowest BCUT2D eigenvalue weighted by molar-refractivity contribution is 0.0978. The van der Waals surface area contributed by atoms with Gasteiger partial charge in [-0.15, -0.1) is 0 Å². The van der Waals surface area contributed by atoms with E-state index in [4.69, 9.17) is 9.88 Å². The number of anilines is 2. The molecule has 1 amide bonds. The molecule has 2 aromatic carbocycles. The number of hydrogen-bond acceptors (Lipinski definition) is 6. The van der Waals surface area contributed by atoms with Crippen molar-refractivity contribution < 1.29 is 22.7 Å². The minimum Gasteiger partial charge on any atom is -0.447 e. The van der Waals surface area contributed by atoms with Crippen molar-refractivity contribution in [1.29, 1.82) is 0 Å². The lowest BCUT2D eigenvalue weighted by atomic mass is 9.72. The van der Waals surface area contributed by atoms with Gasteiger partial charge < -0.3 is 10.1 Å². The number of nitrogens with one attached hydrogen (secondary N) is 1. The Labute approximate surface area is 193 Å². The molecule has 3 aliphatic rings. The van der Waals surface area contributed by atoms with Crippen LogP contribution < -0.4 is 15.4 Å². The van der Waals surface area contributed by atoms with Crippen molar-refractivity contribution in [3.05, 3.63) is 59.2 Å². The highest BCUT2D eigenvalue weighted by molar-refractivity contribution is 7.91. The number of nitrogens with two attached hydrogens (primary N) is 1. The summed E-state index contributed by atoms with van der Waals surface area (Å²) in [5.41, 5.74) is 3.89. The quantitative estimate of drug-likeness (QED) is 0.648. The van der Waals surface area contributed by atoms with Crippen LogP contribution in [0.5, 0.6) is 0 Å². The van der Waals surface area contributed by atoms with Crippen LogP contribution in [0.15, 0.2) is 42.5 Å². The van der Waals surface area contributed by atoms with E-state index in [1.807, 2.05) is 30.3 Å². The van der Waals surface area contributed by atoms with E-state index in [1.54, 1.807) is 17.0 Å². The van der Waals surface area contributed by atoms with E-state index in [1.165, 1.54) is 0 Å². The molecule has 8 nitrogen and oxygen atoms in total. The number of sulfonamides is 1. The second kappa shape index (κ2) is 7.30. The first-order chi connectivity index (χ1) is 15.5. The molecule has 1 saturated heterocycles. The first-order valence-corrected chi connectivity index (χ1v) is 12.6. The zero-order valence-electron chi connectivity index (χ0n) is 18.6. The lowest BCUT2D eigenvalue weighted by Crippen LogP contribution is -2.38. The fourth-order valence-corrected chi connectivity index (χ4v) is 6.07. The van der Waals surface area contributed by atoms with Crippen LogP contribution in [-0.4, -0.2) is 38.2 Å². The van der Waals surface area contributed by atoms with Crippen LogP contribution in [0.1, 0.15) is 54.2 Å². The van der Waals surface area contributed by atoms with Crippen molar-refractivity contribution in [3.8, 4) is 0 Å². The molecule has 0 spiro atoms. The van der Waals surface area contributed by atoms with Crippen molar-refractivity contribution in [2.45, 2.75) is 43.9 Å². The number of cyclic esters (lactones) is 1. The highest BCUT2D eigenvalue weighted by Crippen LogP contribution is 2.48. The Hall–Kier alpha value is -2.91. The summed E-state index contributed by atoms with van der Waals surface area (Å²) in [6, 6.07) is 13.2. The van der Waals surface area contributed by atoms with E-state index in [0.29, 0.717) is 25.1 Å². The van der Waals surface area contributed by atoms with Crippen molar-refractivity contribution in [3.63, 3.8) is 0 Å². The molecule has 2 heterocycles. The van der Waals surface area contributed by atoms with E-state index < -0.39 is 20.6 Å². The third-order valence-electron chi connectivity index (χ3n) is 7.03. The van der Waals surface area contributed by atoms with E-state index in [9.17, 15) is 18.0 Å². The van der Waals surface area contributed by atoms with Crippen molar-refractivity contribution in [2.75, 3.05) is 23.4 Å². The molecule has 2 fully saturated rings. The normalized spacial score (nSPS) is 22.8. The fourth-order valence-electron chi connectivity index (χ4n) is 5.02. The SMILES string of the molecule is CC1(C)Cc2cc(C(=O)C3(S(N)(=O)=O)CC3)ccc2NC1c1cccc(N2CCOC2=O)c1. The number of primary sulfonamides is 1. The Morgan fingerprint density at radius 3 is 2.58 bits per heavy atom. The molecule has 1 unspecified atom stereocenters. The van der Waals surface area contributed by atoms with Gasteiger partial charge in [-0.05, 0) is 66.1 Å². The van der Waals surface area contributed by atoms with Crippen LogP contribution >= 0.6 is 0 Å². The molecule has 0 bridgehead atoms. The summed E-state index contributed by atoms with van der Waals surface area (Å²) in [5.74, 6) is -0.419. The van der Waals surface area contributed by atoms with Gasteiger partial charge in [-0.1, -0.05) is 26.0 Å². The van der Waals surface area contributed by atoms with Gasteiger partial charge in [0, 0.05) is 16.9 Å². The number of carbonyl (C=O) groups excluding carboxylic acids is 2. The van der Waals surface area contributed by atoms with Gasteiger partial charge >= 0.3 is 6.09 Å². The molecule has 2 aromatic rings. The zero-order chi connectivity index (χ0) is 23.6. The Morgan fingerprint density at radius 2 is 1.94 bits per heavy atom. The fraction of sp³-hybridized carbons (Fsp3) is 0.417. The molecule has 1 aliphatic carbocycles. The number of fused-ring (bicyclic) bond motifs is 1. The molecule has 2 aliphatic heterocycles. The number of carbonyl (C=O) groups is 2. The number of hydrogen-bond donors (Lipinski definition) is 2. The maximum absolute atomic E-state index is 13.0. The average molecular weight is 470 g/mol. The molecule has 9 heteroatoms. The summed E-state index contributed by atoms with van der Waals surface area (Å²) in [5, 5.41) is 8.94. The van der Waals surface area contributed by atoms with E-state index in [2.05, 4.69) is 19.2 Å². The van der Waals surface area contributed by atoms with Gasteiger partial charge in [-0.3, -0.25) is 9.69 Å². The second-order valence-electron chi connectivity index (χ2n) is 9.84. The summed E-state index contributed by atoms with van der Waals surface area (Å²) in [6.45, 7) is 5.21. The van der Waals surface area contributed by atoms with Crippen molar-refractivity contribution >= 4 is 33.3 Å². The standard InChI is InChI=1S/C24H27N3O5S/c1-23(2)14-17-12-16(21(28)24(8-9-24)33(25,30)31)6-7-19(17)26-20(23)15-4-3-5-18(13-15)27-10-11-32-22(27)29/h3-7,12-13,20,26H,8-11,14H2,1-2H3,(H2,25,30,31). The van der Waals surface area contributed by atoms with Gasteiger partial charge in [0.25, 0.3) is 0 Å². The number of ether oxygens (including phenoxy) is 1. The largest absolute Gasteiger partial charge is 0.447 e. The molecular formula is C24H27N3O5S. The van der Waals surface area contributed by atoms with Gasteiger partial charge in [-0.2, -0.15) is 0 Å². The molecular weight excluding hydrogens is 442 g/mol. The van der Waals surface area contributed by atoms with Crippen LogP contribution in [0.4, 0.5) is 16.2 Å². The van der Waals surface area contributed by atoms with E-state index in [-0.39, 0.29) is 30.4 Å².